The van der Waals surface area contributed by atoms with Crippen LogP contribution in [-0.4, -0.2) is 50.0 Å². The third-order valence-electron chi connectivity index (χ3n) is 8.39. The number of nitrogens with two attached hydrogens (primary N) is 8. The van der Waals surface area contributed by atoms with E-state index in [-0.39, 0.29) is 23.8 Å². The maximum atomic E-state index is 6.49. The van der Waals surface area contributed by atoms with E-state index in [4.69, 9.17) is 64.8 Å². The topological polar surface area (TPSA) is 295 Å². The lowest BCUT2D eigenvalue weighted by Crippen LogP contribution is -2.23. The lowest BCUT2D eigenvalue weighted by Gasteiger charge is -2.18. The van der Waals surface area contributed by atoms with Crippen molar-refractivity contribution in [1.82, 2.24) is 0 Å². The summed E-state index contributed by atoms with van der Waals surface area (Å²) in [6.07, 6.45) is 2.62. The van der Waals surface area contributed by atoms with Crippen LogP contribution in [0.25, 0.3) is 0 Å². The average molecular weight is 787 g/mol. The van der Waals surface area contributed by atoms with Gasteiger partial charge in [-0.1, -0.05) is 48.5 Å². The Bertz CT molecular complexity index is 1880. The third-order valence-corrected chi connectivity index (χ3v) is 8.39. The molecule has 0 heterocycles. The molecule has 0 unspecified atom stereocenters. The molecule has 16 N–H and O–H groups in total. The summed E-state index contributed by atoms with van der Waals surface area (Å²) in [6, 6.07) is 33.9. The molecule has 16 nitrogen and oxygen atoms in total. The summed E-state index contributed by atoms with van der Waals surface area (Å²) in [7, 11) is 0. The molecule has 0 aliphatic heterocycles. The summed E-state index contributed by atoms with van der Waals surface area (Å²) in [5.74, 6) is 3.93. The molecule has 0 bridgehead atoms. The summed E-state index contributed by atoms with van der Waals surface area (Å²) >= 11 is 0. The van der Waals surface area contributed by atoms with E-state index in [1.54, 1.807) is 12.1 Å². The molecule has 302 valence electrons. The van der Waals surface area contributed by atoms with Crippen molar-refractivity contribution in [2.75, 3.05) is 26.2 Å². The van der Waals surface area contributed by atoms with Gasteiger partial charge >= 0.3 is 0 Å². The number of ether oxygens (including phenoxy) is 4. The Morgan fingerprint density at radius 1 is 0.310 bits per heavy atom. The molecule has 16 heteroatoms. The Balaban J connectivity index is 1.49. The molecular formula is C42H50N12O4. The standard InChI is InChI=1S/C42H50N12O4/c43-39(44)51-21-17-27-1-9-31(10-2-27)55-35-25-37(57-33-13-5-29(6-14-33)19-23-53-41(47)48)38(58-34-15-7-30(8-16-34)20-24-54-42(49)50)26-36(35)56-32-11-3-28(4-12-32)18-22-52-40(45)46/h1-16,25-26H,17-24H2,(H4,43,44,51)(H4,45,46,52)(H4,47,48,53)(H4,49,50,54). The molecule has 0 amide bonds. The highest BCUT2D eigenvalue weighted by Gasteiger charge is 2.19. The number of hydrogen-bond acceptors (Lipinski definition) is 8. The van der Waals surface area contributed by atoms with Gasteiger partial charge in [-0.3, -0.25) is 20.0 Å². The molecule has 0 atom stereocenters. The van der Waals surface area contributed by atoms with E-state index in [9.17, 15) is 0 Å². The fourth-order valence-corrected chi connectivity index (χ4v) is 5.50. The SMILES string of the molecule is NC(N)=NCCc1ccc(Oc2cc(Oc3ccc(CCN=C(N)N)cc3)c(Oc3ccc(CCN=C(N)N)cc3)cc2Oc2ccc(CCN=C(N)N)cc2)cc1. The molecule has 0 spiro atoms. The second-order valence-electron chi connectivity index (χ2n) is 13.0. The fraction of sp³-hybridized carbons (Fsp3) is 0.190. The predicted molar refractivity (Wildman–Crippen MR) is 230 cm³/mol. The summed E-state index contributed by atoms with van der Waals surface area (Å²) in [6.45, 7) is 1.86. The van der Waals surface area contributed by atoms with Crippen molar-refractivity contribution in [3.8, 4) is 46.0 Å². The zero-order valence-corrected chi connectivity index (χ0v) is 32.1. The highest BCUT2D eigenvalue weighted by Crippen LogP contribution is 2.46. The maximum Gasteiger partial charge on any atom is 0.185 e. The van der Waals surface area contributed by atoms with E-state index < -0.39 is 0 Å². The number of nitrogens with zero attached hydrogens (tertiary/aromatic N) is 4. The lowest BCUT2D eigenvalue weighted by atomic mass is 10.1. The van der Waals surface area contributed by atoms with Crippen molar-refractivity contribution in [2.45, 2.75) is 25.7 Å². The molecule has 5 aromatic carbocycles. The van der Waals surface area contributed by atoms with Gasteiger partial charge in [0.15, 0.2) is 46.8 Å². The van der Waals surface area contributed by atoms with Gasteiger partial charge in [-0.2, -0.15) is 0 Å². The first kappa shape index (κ1) is 41.5. The van der Waals surface area contributed by atoms with E-state index in [1.807, 2.05) is 97.1 Å². The van der Waals surface area contributed by atoms with Crippen molar-refractivity contribution < 1.29 is 18.9 Å². The Hall–Kier alpha value is -7.62. The zero-order chi connectivity index (χ0) is 41.3. The number of benzene rings is 5. The summed E-state index contributed by atoms with van der Waals surface area (Å²) in [5.41, 5.74) is 48.1. The Kier molecular flexibility index (Phi) is 15.0. The van der Waals surface area contributed by atoms with E-state index in [0.29, 0.717) is 97.9 Å². The van der Waals surface area contributed by atoms with Gasteiger partial charge in [0.05, 0.1) is 0 Å². The van der Waals surface area contributed by atoms with Crippen LogP contribution in [0.15, 0.2) is 129 Å². The van der Waals surface area contributed by atoms with E-state index in [1.165, 1.54) is 0 Å². The molecule has 0 aromatic heterocycles. The molecule has 0 aliphatic rings. The van der Waals surface area contributed by atoms with Gasteiger partial charge in [-0.15, -0.1) is 0 Å². The minimum atomic E-state index is 0.0498. The van der Waals surface area contributed by atoms with E-state index in [2.05, 4.69) is 20.0 Å². The van der Waals surface area contributed by atoms with Gasteiger partial charge in [-0.05, 0) is 96.5 Å². The molecule has 58 heavy (non-hydrogen) atoms. The van der Waals surface area contributed by atoms with Crippen LogP contribution in [0.3, 0.4) is 0 Å². The van der Waals surface area contributed by atoms with Crippen LogP contribution in [0.4, 0.5) is 0 Å². The molecule has 0 fully saturated rings. The second kappa shape index (κ2) is 20.9. The van der Waals surface area contributed by atoms with Gasteiger partial charge in [0.2, 0.25) is 0 Å². The molecule has 0 aliphatic carbocycles. The molecule has 0 radical (unpaired) electrons. The second-order valence-corrected chi connectivity index (χ2v) is 13.0. The summed E-state index contributed by atoms with van der Waals surface area (Å²) in [5, 5.41) is 0. The molecule has 0 saturated carbocycles. The first-order chi connectivity index (χ1) is 28.0. The highest BCUT2D eigenvalue weighted by molar-refractivity contribution is 5.76. The quantitative estimate of drug-likeness (QED) is 0.0408. The predicted octanol–water partition coefficient (Wildman–Crippen LogP) is 4.12. The first-order valence-electron chi connectivity index (χ1n) is 18.5. The molecule has 0 saturated heterocycles. The number of hydrogen-bond donors (Lipinski definition) is 8. The fourth-order valence-electron chi connectivity index (χ4n) is 5.50. The Labute approximate surface area is 337 Å². The Morgan fingerprint density at radius 2 is 0.500 bits per heavy atom. The molecule has 5 aromatic rings. The molecule has 5 rings (SSSR count). The van der Waals surface area contributed by atoms with Crippen LogP contribution in [0, 0.1) is 0 Å². The van der Waals surface area contributed by atoms with Crippen molar-refractivity contribution in [1.29, 1.82) is 0 Å². The molecular weight excluding hydrogens is 737 g/mol. The largest absolute Gasteiger partial charge is 0.453 e. The van der Waals surface area contributed by atoms with Gasteiger partial charge in [0, 0.05) is 38.3 Å². The van der Waals surface area contributed by atoms with Gasteiger partial charge in [0.25, 0.3) is 0 Å². The van der Waals surface area contributed by atoms with Gasteiger partial charge in [0.1, 0.15) is 23.0 Å². The van der Waals surface area contributed by atoms with Gasteiger partial charge in [-0.25, -0.2) is 0 Å². The van der Waals surface area contributed by atoms with Crippen LogP contribution in [0.1, 0.15) is 22.3 Å². The highest BCUT2D eigenvalue weighted by atomic mass is 16.5. The summed E-state index contributed by atoms with van der Waals surface area (Å²) < 4.78 is 25.9. The first-order valence-corrected chi connectivity index (χ1v) is 18.5. The van der Waals surface area contributed by atoms with Crippen LogP contribution < -0.4 is 64.8 Å². The minimum Gasteiger partial charge on any atom is -0.453 e. The van der Waals surface area contributed by atoms with Crippen LogP contribution in [0.5, 0.6) is 46.0 Å². The van der Waals surface area contributed by atoms with Gasteiger partial charge < -0.3 is 64.8 Å². The van der Waals surface area contributed by atoms with Crippen molar-refractivity contribution >= 4 is 23.8 Å². The third kappa shape index (κ3) is 13.9. The number of guanidine groups is 4. The van der Waals surface area contributed by atoms with Crippen LogP contribution in [-0.2, 0) is 25.7 Å². The van der Waals surface area contributed by atoms with Crippen molar-refractivity contribution in [3.05, 3.63) is 131 Å². The van der Waals surface area contributed by atoms with Crippen LogP contribution >= 0.6 is 0 Å². The minimum absolute atomic E-state index is 0.0498. The average Bonchev–Trinajstić information content (AvgIpc) is 3.18. The number of aliphatic imine (C=N–C) groups is 4. The summed E-state index contributed by atoms with van der Waals surface area (Å²) in [4.78, 5) is 16.3. The lowest BCUT2D eigenvalue weighted by molar-refractivity contribution is 0.390. The smallest absolute Gasteiger partial charge is 0.185 e. The maximum absolute atomic E-state index is 6.49. The normalized spacial score (nSPS) is 10.5. The monoisotopic (exact) mass is 786 g/mol. The van der Waals surface area contributed by atoms with Crippen LogP contribution in [0.2, 0.25) is 0 Å². The zero-order valence-electron chi connectivity index (χ0n) is 32.1. The number of rotatable bonds is 20. The van der Waals surface area contributed by atoms with Crippen molar-refractivity contribution in [3.63, 3.8) is 0 Å². The van der Waals surface area contributed by atoms with E-state index in [0.717, 1.165) is 22.3 Å². The Morgan fingerprint density at radius 3 is 0.672 bits per heavy atom. The van der Waals surface area contributed by atoms with E-state index >= 15 is 0 Å². The van der Waals surface area contributed by atoms with Crippen molar-refractivity contribution in [2.24, 2.45) is 65.8 Å².